The van der Waals surface area contributed by atoms with Crippen LogP contribution in [0.15, 0.2) is 35.3 Å². The fourth-order valence-electron chi connectivity index (χ4n) is 3.46. The van der Waals surface area contributed by atoms with Gasteiger partial charge in [-0.2, -0.15) is 5.20 Å². The zero-order valence-corrected chi connectivity index (χ0v) is 22.5. The van der Waals surface area contributed by atoms with Gasteiger partial charge < -0.3 is 23.5 Å². The van der Waals surface area contributed by atoms with Crippen LogP contribution < -0.4 is 10.5 Å². The van der Waals surface area contributed by atoms with E-state index in [-0.39, 0.29) is 23.4 Å². The van der Waals surface area contributed by atoms with Gasteiger partial charge in [-0.15, -0.1) is 0 Å². The van der Waals surface area contributed by atoms with E-state index in [1.165, 1.54) is 32.9 Å². The number of thioether (sulfide) groups is 1. The van der Waals surface area contributed by atoms with Gasteiger partial charge in [-0.1, -0.05) is 42.1 Å². The molecule has 0 saturated carbocycles. The van der Waals surface area contributed by atoms with E-state index in [1.54, 1.807) is 24.3 Å². The minimum atomic E-state index is -2.88. The first-order valence-corrected chi connectivity index (χ1v) is 14.4. The van der Waals surface area contributed by atoms with Crippen molar-refractivity contribution in [1.82, 2.24) is 10.2 Å². The monoisotopic (exact) mass is 559 g/mol. The van der Waals surface area contributed by atoms with E-state index in [2.05, 4.69) is 10.2 Å². The molecule has 1 N–H and O–H groups in total. The third kappa shape index (κ3) is 6.90. The van der Waals surface area contributed by atoms with Crippen LogP contribution in [-0.2, 0) is 54.5 Å². The summed E-state index contributed by atoms with van der Waals surface area (Å²) < 4.78 is 27.3. The lowest BCUT2D eigenvalue weighted by atomic mass is 10.0. The second-order valence-electron chi connectivity index (χ2n) is 7.62. The number of hydrogen-bond donors (Lipinski definition) is 1. The molecule has 5 atom stereocenters. The van der Waals surface area contributed by atoms with E-state index in [1.807, 2.05) is 6.07 Å². The molecule has 1 aromatic carbocycles. The van der Waals surface area contributed by atoms with Crippen LogP contribution in [0.4, 0.5) is 0 Å². The lowest BCUT2D eigenvalue weighted by molar-refractivity contribution is -0.224. The molecule has 0 aliphatic carbocycles. The van der Waals surface area contributed by atoms with Crippen LogP contribution in [0, 0.1) is 0 Å². The fraction of sp³-hybridized carbons (Fsp3) is 0.476. The average molecular weight is 560 g/mol. The summed E-state index contributed by atoms with van der Waals surface area (Å²) in [4.78, 5) is 52.4. The number of rotatable bonds is 8. The molecular formula is C21H26N3O9PS2. The van der Waals surface area contributed by atoms with Gasteiger partial charge in [0.2, 0.25) is 0 Å². The summed E-state index contributed by atoms with van der Waals surface area (Å²) in [5.41, 5.74) is 0. The summed E-state index contributed by atoms with van der Waals surface area (Å²) in [7, 11) is 1.45. The number of amidine groups is 1. The number of benzene rings is 1. The third-order valence-electron chi connectivity index (χ3n) is 4.91. The zero-order chi connectivity index (χ0) is 26.5. The molecule has 2 aliphatic heterocycles. The molecule has 36 heavy (non-hydrogen) atoms. The van der Waals surface area contributed by atoms with Crippen molar-refractivity contribution in [2.24, 2.45) is 4.99 Å². The van der Waals surface area contributed by atoms with Crippen LogP contribution in [0.1, 0.15) is 20.8 Å². The molecule has 15 heteroatoms. The van der Waals surface area contributed by atoms with Crippen LogP contribution >= 0.6 is 18.2 Å². The second-order valence-corrected chi connectivity index (χ2v) is 12.3. The molecule has 2 saturated heterocycles. The number of hydrogen-bond acceptors (Lipinski definition) is 12. The third-order valence-corrected chi connectivity index (χ3v) is 9.13. The van der Waals surface area contributed by atoms with Gasteiger partial charge in [0.1, 0.15) is 0 Å². The van der Waals surface area contributed by atoms with Gasteiger partial charge in [0.25, 0.3) is 5.91 Å². The van der Waals surface area contributed by atoms with Gasteiger partial charge in [0, 0.05) is 33.2 Å². The highest BCUT2D eigenvalue weighted by Gasteiger charge is 2.48. The van der Waals surface area contributed by atoms with Crippen LogP contribution in [0.5, 0.6) is 0 Å². The Hall–Kier alpha value is -2.35. The molecule has 1 amide bonds. The summed E-state index contributed by atoms with van der Waals surface area (Å²) in [5.74, 6) is -2.27. The summed E-state index contributed by atoms with van der Waals surface area (Å²) in [5, 5.41) is 5.07. The molecule has 3 rings (SSSR count). The minimum Gasteiger partial charge on any atom is -0.456 e. The summed E-state index contributed by atoms with van der Waals surface area (Å²) in [6, 6.07) is 9.03. The smallest absolute Gasteiger partial charge is 0.303 e. The number of ether oxygens (including phenoxy) is 4. The van der Waals surface area contributed by atoms with E-state index in [4.69, 9.17) is 35.3 Å². The topological polar surface area (TPSA) is 142 Å². The number of aliphatic imine (C=N–C) groups is 1. The van der Waals surface area contributed by atoms with E-state index in [0.717, 1.165) is 11.8 Å². The number of amides is 1. The molecule has 2 fully saturated rings. The molecule has 0 radical (unpaired) electrons. The molecule has 2 aliphatic rings. The highest BCUT2D eigenvalue weighted by Crippen LogP contribution is 2.42. The molecule has 0 spiro atoms. The summed E-state index contributed by atoms with van der Waals surface area (Å²) in [6.07, 6.45) is -7.53. The van der Waals surface area contributed by atoms with Crippen LogP contribution in [0.3, 0.4) is 0 Å². The standard InChI is InChI=1S/C21H26N3O9PS2/c1-12(25)31-16-10-30-20(19(33-14(3)27)18(16)32-13(2)26)22-21-24(17(28)11-36-21)23-34(35,29-4)15-8-6-5-7-9-15/h5-9,16,18-20H,10-11H2,1-4H3,(H,23,35)/b22-21+/t16-,18+,19-,20-,34?/m1/s1. The van der Waals surface area contributed by atoms with Crippen LogP contribution in [-0.4, -0.2) is 78.0 Å². The van der Waals surface area contributed by atoms with Gasteiger partial charge in [0.05, 0.1) is 12.4 Å². The first-order chi connectivity index (χ1) is 17.0. The van der Waals surface area contributed by atoms with E-state index in [0.29, 0.717) is 5.30 Å². The van der Waals surface area contributed by atoms with Crippen molar-refractivity contribution in [2.45, 2.75) is 45.3 Å². The number of carbonyl (C=O) groups is 4. The summed E-state index contributed by atoms with van der Waals surface area (Å²) >= 11 is 6.84. The quantitative estimate of drug-likeness (QED) is 0.274. The molecule has 0 bridgehead atoms. The Labute approximate surface area is 217 Å². The minimum absolute atomic E-state index is 0.0636. The van der Waals surface area contributed by atoms with Crippen molar-refractivity contribution in [2.75, 3.05) is 19.5 Å². The van der Waals surface area contributed by atoms with Gasteiger partial charge in [-0.25, -0.2) is 10.0 Å². The Morgan fingerprint density at radius 3 is 2.28 bits per heavy atom. The lowest BCUT2D eigenvalue weighted by Gasteiger charge is -2.39. The SMILES string of the molecule is COP(=S)(NN1C(=O)CS/C1=N/[C@@H]1OC[C@@H](OC(C)=O)[C@H](OC(C)=O)[C@H]1OC(C)=O)c1ccccc1. The van der Waals surface area contributed by atoms with Crippen molar-refractivity contribution in [1.29, 1.82) is 0 Å². The fourth-order valence-corrected chi connectivity index (χ4v) is 6.41. The number of nitrogens with zero attached hydrogens (tertiary/aromatic N) is 2. The molecular weight excluding hydrogens is 533 g/mol. The maximum Gasteiger partial charge on any atom is 0.303 e. The van der Waals surface area contributed by atoms with Crippen LogP contribution in [0.25, 0.3) is 0 Å². The van der Waals surface area contributed by atoms with Crippen molar-refractivity contribution in [3.8, 4) is 0 Å². The highest BCUT2D eigenvalue weighted by molar-refractivity contribution is 8.16. The highest BCUT2D eigenvalue weighted by atomic mass is 32.4. The predicted octanol–water partition coefficient (Wildman–Crippen LogP) is 0.855. The maximum atomic E-state index is 12.7. The van der Waals surface area contributed by atoms with Crippen molar-refractivity contribution in [3.63, 3.8) is 0 Å². The molecule has 1 unspecified atom stereocenters. The van der Waals surface area contributed by atoms with E-state index in [9.17, 15) is 19.2 Å². The van der Waals surface area contributed by atoms with E-state index >= 15 is 0 Å². The Kier molecular flexibility index (Phi) is 9.61. The Bertz CT molecular complexity index is 1090. The van der Waals surface area contributed by atoms with Crippen molar-refractivity contribution < 1.29 is 42.6 Å². The average Bonchev–Trinajstić information content (AvgIpc) is 3.15. The van der Waals surface area contributed by atoms with E-state index < -0.39 is 48.9 Å². The van der Waals surface area contributed by atoms with Gasteiger partial charge in [-0.05, 0) is 11.8 Å². The van der Waals surface area contributed by atoms with Gasteiger partial charge in [0.15, 0.2) is 36.1 Å². The Balaban J connectivity index is 1.93. The number of nitrogens with one attached hydrogen (secondary N) is 1. The second kappa shape index (κ2) is 12.3. The van der Waals surface area contributed by atoms with Crippen molar-refractivity contribution >= 4 is 64.3 Å². The molecule has 1 aromatic rings. The van der Waals surface area contributed by atoms with Crippen LogP contribution in [0.2, 0.25) is 0 Å². The molecule has 12 nitrogen and oxygen atoms in total. The summed E-state index contributed by atoms with van der Waals surface area (Å²) in [6.45, 7) is 3.34. The first kappa shape index (κ1) is 28.2. The van der Waals surface area contributed by atoms with Gasteiger partial charge >= 0.3 is 17.9 Å². The molecule has 2 heterocycles. The number of esters is 3. The predicted molar refractivity (Wildman–Crippen MR) is 134 cm³/mol. The molecule has 0 aromatic heterocycles. The number of carbonyl (C=O) groups excluding carboxylic acids is 4. The zero-order valence-electron chi connectivity index (χ0n) is 19.9. The number of hydrazine groups is 1. The maximum absolute atomic E-state index is 12.7. The molecule has 196 valence electrons. The Morgan fingerprint density at radius 2 is 1.69 bits per heavy atom. The Morgan fingerprint density at radius 1 is 1.08 bits per heavy atom. The lowest BCUT2D eigenvalue weighted by Crippen LogP contribution is -2.57. The first-order valence-electron chi connectivity index (χ1n) is 10.7. The van der Waals surface area contributed by atoms with Gasteiger partial charge in [-0.3, -0.25) is 19.2 Å². The largest absolute Gasteiger partial charge is 0.456 e. The normalized spacial score (nSPS) is 26.8. The van der Waals surface area contributed by atoms with Crippen molar-refractivity contribution in [3.05, 3.63) is 30.3 Å².